The molecule has 2 rings (SSSR count). The second-order valence-electron chi connectivity index (χ2n) is 4.46. The fourth-order valence-corrected chi connectivity index (χ4v) is 4.79. The van der Waals surface area contributed by atoms with Crippen LogP contribution in [-0.2, 0) is 23.1 Å². The van der Waals surface area contributed by atoms with E-state index in [1.54, 1.807) is 17.4 Å². The van der Waals surface area contributed by atoms with E-state index < -0.39 is 10.0 Å². The second kappa shape index (κ2) is 6.82. The summed E-state index contributed by atoms with van der Waals surface area (Å²) in [6, 6.07) is 1.73. The van der Waals surface area contributed by atoms with Crippen molar-refractivity contribution in [1.82, 2.24) is 10.0 Å². The van der Waals surface area contributed by atoms with Gasteiger partial charge in [0.05, 0.1) is 0 Å². The molecule has 110 valence electrons. The largest absolute Gasteiger partial charge is 0.313 e. The molecule has 0 aliphatic rings. The highest BCUT2D eigenvalue weighted by molar-refractivity contribution is 7.91. The summed E-state index contributed by atoms with van der Waals surface area (Å²) >= 11 is 2.85. The maximum Gasteiger partial charge on any atom is 0.250 e. The van der Waals surface area contributed by atoms with Crippen LogP contribution in [0.15, 0.2) is 26.4 Å². The number of nitrogens with one attached hydrogen (secondary N) is 2. The van der Waals surface area contributed by atoms with Gasteiger partial charge in [0.25, 0.3) is 0 Å². The van der Waals surface area contributed by atoms with E-state index in [-0.39, 0.29) is 0 Å². The quantitative estimate of drug-likeness (QED) is 0.821. The van der Waals surface area contributed by atoms with Crippen LogP contribution in [0.2, 0.25) is 0 Å². The van der Waals surface area contributed by atoms with Crippen molar-refractivity contribution in [2.24, 2.45) is 0 Å². The predicted octanol–water partition coefficient (Wildman–Crippen LogP) is 2.71. The number of hydrogen-bond donors (Lipinski definition) is 2. The van der Waals surface area contributed by atoms with E-state index in [1.807, 2.05) is 30.0 Å². The molecular weight excluding hydrogens is 312 g/mol. The van der Waals surface area contributed by atoms with Gasteiger partial charge in [0, 0.05) is 13.1 Å². The normalized spacial score (nSPS) is 11.9. The van der Waals surface area contributed by atoms with Gasteiger partial charge in [-0.15, -0.1) is 11.3 Å². The maximum absolute atomic E-state index is 12.2. The van der Waals surface area contributed by atoms with Crippen LogP contribution >= 0.6 is 22.7 Å². The van der Waals surface area contributed by atoms with Gasteiger partial charge in [-0.05, 0) is 52.4 Å². The molecule has 0 unspecified atom stereocenters. The first kappa shape index (κ1) is 15.7. The van der Waals surface area contributed by atoms with E-state index in [2.05, 4.69) is 10.0 Å². The molecule has 20 heavy (non-hydrogen) atoms. The van der Waals surface area contributed by atoms with Gasteiger partial charge in [-0.25, -0.2) is 13.1 Å². The summed E-state index contributed by atoms with van der Waals surface area (Å²) in [4.78, 5) is 0. The summed E-state index contributed by atoms with van der Waals surface area (Å²) in [5.74, 6) is 0. The zero-order valence-electron chi connectivity index (χ0n) is 11.5. The summed E-state index contributed by atoms with van der Waals surface area (Å²) in [6.45, 7) is 5.92. The summed E-state index contributed by atoms with van der Waals surface area (Å²) in [6.07, 6.45) is 0. The Morgan fingerprint density at radius 2 is 2.00 bits per heavy atom. The Morgan fingerprint density at radius 3 is 2.65 bits per heavy atom. The van der Waals surface area contributed by atoms with Crippen LogP contribution < -0.4 is 10.0 Å². The lowest BCUT2D eigenvalue weighted by atomic mass is 10.2. The third-order valence-corrected chi connectivity index (χ3v) is 6.69. The zero-order valence-corrected chi connectivity index (χ0v) is 13.9. The molecule has 2 aromatic heterocycles. The van der Waals surface area contributed by atoms with E-state index in [4.69, 9.17) is 0 Å². The molecule has 0 bridgehead atoms. The lowest BCUT2D eigenvalue weighted by Crippen LogP contribution is -2.22. The molecule has 0 aliphatic heterocycles. The first-order valence-electron chi connectivity index (χ1n) is 6.32. The lowest BCUT2D eigenvalue weighted by Gasteiger charge is -2.04. The molecule has 0 aliphatic carbocycles. The molecule has 0 spiro atoms. The minimum absolute atomic E-state index is 0.345. The fraction of sp³-hybridized carbons (Fsp3) is 0.385. The van der Waals surface area contributed by atoms with Gasteiger partial charge in [-0.1, -0.05) is 6.92 Å². The van der Waals surface area contributed by atoms with Crippen LogP contribution in [0, 0.1) is 6.92 Å². The van der Waals surface area contributed by atoms with Crippen molar-refractivity contribution in [3.05, 3.63) is 38.9 Å². The average Bonchev–Trinajstić information content (AvgIpc) is 3.03. The van der Waals surface area contributed by atoms with Crippen LogP contribution in [0.5, 0.6) is 0 Å². The lowest BCUT2D eigenvalue weighted by molar-refractivity contribution is 0.583. The molecule has 2 aromatic rings. The van der Waals surface area contributed by atoms with E-state index in [1.165, 1.54) is 11.3 Å². The Morgan fingerprint density at radius 1 is 1.20 bits per heavy atom. The van der Waals surface area contributed by atoms with Crippen LogP contribution in [0.4, 0.5) is 0 Å². The van der Waals surface area contributed by atoms with E-state index in [0.717, 1.165) is 23.2 Å². The molecule has 0 radical (unpaired) electrons. The Kier molecular flexibility index (Phi) is 5.34. The highest BCUT2D eigenvalue weighted by atomic mass is 32.2. The van der Waals surface area contributed by atoms with E-state index in [0.29, 0.717) is 17.3 Å². The van der Waals surface area contributed by atoms with Gasteiger partial charge in [-0.3, -0.25) is 0 Å². The number of hydrogen-bond acceptors (Lipinski definition) is 5. The molecule has 2 heterocycles. The van der Waals surface area contributed by atoms with Crippen molar-refractivity contribution in [1.29, 1.82) is 0 Å². The summed E-state index contributed by atoms with van der Waals surface area (Å²) in [7, 11) is -3.41. The fourth-order valence-electron chi connectivity index (χ4n) is 1.67. The highest BCUT2D eigenvalue weighted by Crippen LogP contribution is 2.21. The summed E-state index contributed by atoms with van der Waals surface area (Å²) in [5.41, 5.74) is 3.16. The molecule has 4 nitrogen and oxygen atoms in total. The van der Waals surface area contributed by atoms with Gasteiger partial charge in [-0.2, -0.15) is 11.3 Å². The van der Waals surface area contributed by atoms with Gasteiger partial charge in [0.2, 0.25) is 10.0 Å². The number of thiophene rings is 2. The standard InChI is InChI=1S/C13H18N2O2S3/c1-3-14-5-11-4-13(19-8-11)20(16,17)15-6-12-9-18-7-10(12)2/h4,7-9,14-15H,3,5-6H2,1-2H3. The van der Waals surface area contributed by atoms with Crippen molar-refractivity contribution in [2.45, 2.75) is 31.1 Å². The molecule has 0 amide bonds. The smallest absolute Gasteiger partial charge is 0.250 e. The van der Waals surface area contributed by atoms with Gasteiger partial charge in [0.15, 0.2) is 0 Å². The van der Waals surface area contributed by atoms with Crippen LogP contribution in [0.25, 0.3) is 0 Å². The first-order chi connectivity index (χ1) is 9.53. The second-order valence-corrected chi connectivity index (χ2v) is 8.11. The Labute approximate surface area is 127 Å². The monoisotopic (exact) mass is 330 g/mol. The minimum Gasteiger partial charge on any atom is -0.313 e. The van der Waals surface area contributed by atoms with Crippen molar-refractivity contribution in [3.63, 3.8) is 0 Å². The highest BCUT2D eigenvalue weighted by Gasteiger charge is 2.16. The minimum atomic E-state index is -3.41. The van der Waals surface area contributed by atoms with Crippen LogP contribution in [0.3, 0.4) is 0 Å². The number of sulfonamides is 1. The molecule has 0 saturated carbocycles. The van der Waals surface area contributed by atoms with Crippen LogP contribution in [-0.4, -0.2) is 15.0 Å². The molecule has 2 N–H and O–H groups in total. The number of aryl methyl sites for hydroxylation is 1. The third-order valence-electron chi connectivity index (χ3n) is 2.89. The van der Waals surface area contributed by atoms with Gasteiger partial charge < -0.3 is 5.32 Å². The molecular formula is C13H18N2O2S3. The first-order valence-corrected chi connectivity index (χ1v) is 9.63. The third kappa shape index (κ3) is 3.89. The Bertz CT molecular complexity index is 659. The topological polar surface area (TPSA) is 58.2 Å². The van der Waals surface area contributed by atoms with Crippen molar-refractivity contribution in [3.8, 4) is 0 Å². The molecule has 0 saturated heterocycles. The van der Waals surface area contributed by atoms with E-state index >= 15 is 0 Å². The van der Waals surface area contributed by atoms with E-state index in [9.17, 15) is 8.42 Å². The number of rotatable bonds is 7. The van der Waals surface area contributed by atoms with Crippen molar-refractivity contribution >= 4 is 32.7 Å². The maximum atomic E-state index is 12.2. The van der Waals surface area contributed by atoms with Gasteiger partial charge >= 0.3 is 0 Å². The van der Waals surface area contributed by atoms with Crippen LogP contribution in [0.1, 0.15) is 23.6 Å². The molecule has 7 heteroatoms. The molecule has 0 fully saturated rings. The average molecular weight is 331 g/mol. The van der Waals surface area contributed by atoms with Crippen molar-refractivity contribution in [2.75, 3.05) is 6.54 Å². The van der Waals surface area contributed by atoms with Crippen molar-refractivity contribution < 1.29 is 8.42 Å². The predicted molar refractivity (Wildman–Crippen MR) is 84.8 cm³/mol. The van der Waals surface area contributed by atoms with Gasteiger partial charge in [0.1, 0.15) is 4.21 Å². The zero-order chi connectivity index (χ0) is 14.6. The molecule has 0 atom stereocenters. The molecule has 0 aromatic carbocycles. The Hall–Kier alpha value is -0.730. The summed E-state index contributed by atoms with van der Waals surface area (Å²) < 4.78 is 27.4. The Balaban J connectivity index is 2.03. The SMILES string of the molecule is CCNCc1csc(S(=O)(=O)NCc2cscc2C)c1. The summed E-state index contributed by atoms with van der Waals surface area (Å²) in [5, 5.41) is 9.06.